The van der Waals surface area contributed by atoms with Crippen molar-refractivity contribution in [2.75, 3.05) is 7.11 Å². The molecule has 0 aliphatic heterocycles. The number of nitrogens with one attached hydrogen (secondary N) is 1. The van der Waals surface area contributed by atoms with Crippen LogP contribution in [-0.4, -0.2) is 13.0 Å². The molecule has 0 unspecified atom stereocenters. The Balaban J connectivity index is 2.07. The lowest BCUT2D eigenvalue weighted by Crippen LogP contribution is -2.24. The summed E-state index contributed by atoms with van der Waals surface area (Å²) < 4.78 is 18.6. The van der Waals surface area contributed by atoms with Crippen molar-refractivity contribution in [3.05, 3.63) is 65.5 Å². The van der Waals surface area contributed by atoms with Gasteiger partial charge in [0.05, 0.1) is 12.7 Å². The molecule has 0 saturated carbocycles. The van der Waals surface area contributed by atoms with Crippen LogP contribution in [0.3, 0.4) is 0 Å². The first-order valence-electron chi connectivity index (χ1n) is 5.87. The number of amides is 1. The molecule has 0 aromatic heterocycles. The summed E-state index contributed by atoms with van der Waals surface area (Å²) >= 11 is 0. The van der Waals surface area contributed by atoms with E-state index in [1.54, 1.807) is 19.2 Å². The second kappa shape index (κ2) is 6.00. The van der Waals surface area contributed by atoms with Crippen molar-refractivity contribution in [1.29, 1.82) is 0 Å². The Morgan fingerprint density at radius 3 is 2.58 bits per heavy atom. The number of methoxy groups -OCH3 is 1. The maximum absolute atomic E-state index is 13.4. The molecule has 0 aliphatic carbocycles. The molecule has 0 saturated heterocycles. The first kappa shape index (κ1) is 13.1. The molecule has 2 aromatic rings. The number of rotatable bonds is 4. The SMILES string of the molecule is COc1ccccc1CNC(=O)c1ccccc1F. The summed E-state index contributed by atoms with van der Waals surface area (Å²) in [7, 11) is 1.57. The first-order chi connectivity index (χ1) is 9.22. The van der Waals surface area contributed by atoms with Crippen molar-refractivity contribution >= 4 is 5.91 Å². The maximum Gasteiger partial charge on any atom is 0.254 e. The van der Waals surface area contributed by atoms with Gasteiger partial charge in [-0.25, -0.2) is 4.39 Å². The van der Waals surface area contributed by atoms with E-state index in [4.69, 9.17) is 4.74 Å². The van der Waals surface area contributed by atoms with Crippen molar-refractivity contribution in [2.24, 2.45) is 0 Å². The summed E-state index contributed by atoms with van der Waals surface area (Å²) in [5.41, 5.74) is 0.882. The molecule has 0 radical (unpaired) electrons. The van der Waals surface area contributed by atoms with E-state index in [-0.39, 0.29) is 12.1 Å². The first-order valence-corrected chi connectivity index (χ1v) is 5.87. The van der Waals surface area contributed by atoms with Crippen LogP contribution in [0.1, 0.15) is 15.9 Å². The van der Waals surface area contributed by atoms with Gasteiger partial charge >= 0.3 is 0 Å². The highest BCUT2D eigenvalue weighted by atomic mass is 19.1. The zero-order valence-corrected chi connectivity index (χ0v) is 10.5. The molecule has 19 heavy (non-hydrogen) atoms. The summed E-state index contributed by atoms with van der Waals surface area (Å²) in [6.45, 7) is 0.289. The minimum atomic E-state index is -0.528. The number of hydrogen-bond acceptors (Lipinski definition) is 2. The Kier molecular flexibility index (Phi) is 4.13. The standard InChI is InChI=1S/C15H14FNO2/c1-19-14-9-5-2-6-11(14)10-17-15(18)12-7-3-4-8-13(12)16/h2-9H,10H2,1H3,(H,17,18). The van der Waals surface area contributed by atoms with Gasteiger partial charge in [0, 0.05) is 12.1 Å². The third-order valence-electron chi connectivity index (χ3n) is 2.75. The molecule has 0 atom stereocenters. The predicted molar refractivity (Wildman–Crippen MR) is 70.6 cm³/mol. The van der Waals surface area contributed by atoms with Gasteiger partial charge in [0.15, 0.2) is 0 Å². The van der Waals surface area contributed by atoms with Crippen molar-refractivity contribution in [3.63, 3.8) is 0 Å². The molecule has 2 aromatic carbocycles. The average molecular weight is 259 g/mol. The fraction of sp³-hybridized carbons (Fsp3) is 0.133. The van der Waals surface area contributed by atoms with Gasteiger partial charge < -0.3 is 10.1 Å². The number of carbonyl (C=O) groups is 1. The summed E-state index contributed by atoms with van der Waals surface area (Å²) in [6, 6.07) is 13.2. The van der Waals surface area contributed by atoms with Crippen LogP contribution in [0.25, 0.3) is 0 Å². The van der Waals surface area contributed by atoms with E-state index in [1.807, 2.05) is 24.3 Å². The van der Waals surface area contributed by atoms with Crippen molar-refractivity contribution in [1.82, 2.24) is 5.32 Å². The molecule has 2 rings (SSSR count). The Morgan fingerprint density at radius 1 is 1.16 bits per heavy atom. The van der Waals surface area contributed by atoms with Crippen LogP contribution in [0.15, 0.2) is 48.5 Å². The summed E-state index contributed by atoms with van der Waals surface area (Å²) in [6.07, 6.45) is 0. The molecule has 4 heteroatoms. The van der Waals surface area contributed by atoms with Gasteiger partial charge in [-0.3, -0.25) is 4.79 Å². The third-order valence-corrected chi connectivity index (χ3v) is 2.75. The highest BCUT2D eigenvalue weighted by Gasteiger charge is 2.11. The lowest BCUT2D eigenvalue weighted by atomic mass is 10.1. The third kappa shape index (κ3) is 3.10. The molecular weight excluding hydrogens is 245 g/mol. The molecule has 3 nitrogen and oxygen atoms in total. The molecule has 0 bridgehead atoms. The van der Waals surface area contributed by atoms with Gasteiger partial charge in [-0.15, -0.1) is 0 Å². The molecule has 0 aliphatic rings. The van der Waals surface area contributed by atoms with E-state index < -0.39 is 11.7 Å². The van der Waals surface area contributed by atoms with Gasteiger partial charge in [-0.1, -0.05) is 30.3 Å². The normalized spacial score (nSPS) is 10.0. The second-order valence-electron chi connectivity index (χ2n) is 3.97. The van der Waals surface area contributed by atoms with E-state index in [2.05, 4.69) is 5.32 Å². The summed E-state index contributed by atoms with van der Waals surface area (Å²) in [5, 5.41) is 2.67. The Hall–Kier alpha value is -2.36. The fourth-order valence-corrected chi connectivity index (χ4v) is 1.77. The lowest BCUT2D eigenvalue weighted by Gasteiger charge is -2.09. The van der Waals surface area contributed by atoms with E-state index >= 15 is 0 Å². The van der Waals surface area contributed by atoms with Crippen LogP contribution in [0.5, 0.6) is 5.75 Å². The van der Waals surface area contributed by atoms with Crippen LogP contribution < -0.4 is 10.1 Å². The average Bonchev–Trinajstić information content (AvgIpc) is 2.45. The highest BCUT2D eigenvalue weighted by molar-refractivity contribution is 5.94. The van der Waals surface area contributed by atoms with Crippen LogP contribution in [0.2, 0.25) is 0 Å². The minimum absolute atomic E-state index is 0.0393. The van der Waals surface area contributed by atoms with Gasteiger partial charge in [-0.05, 0) is 18.2 Å². The lowest BCUT2D eigenvalue weighted by molar-refractivity contribution is 0.0946. The van der Waals surface area contributed by atoms with Crippen LogP contribution in [0, 0.1) is 5.82 Å². The van der Waals surface area contributed by atoms with Crippen LogP contribution >= 0.6 is 0 Å². The van der Waals surface area contributed by atoms with Gasteiger partial charge in [-0.2, -0.15) is 0 Å². The Bertz CT molecular complexity index is 584. The fourth-order valence-electron chi connectivity index (χ4n) is 1.77. The quantitative estimate of drug-likeness (QED) is 0.916. The van der Waals surface area contributed by atoms with E-state index in [9.17, 15) is 9.18 Å². The maximum atomic E-state index is 13.4. The minimum Gasteiger partial charge on any atom is -0.496 e. The van der Waals surface area contributed by atoms with Crippen LogP contribution in [0.4, 0.5) is 4.39 Å². The van der Waals surface area contributed by atoms with E-state index in [1.165, 1.54) is 12.1 Å². The van der Waals surface area contributed by atoms with Crippen molar-refractivity contribution < 1.29 is 13.9 Å². The van der Waals surface area contributed by atoms with Crippen molar-refractivity contribution in [3.8, 4) is 5.75 Å². The summed E-state index contributed by atoms with van der Waals surface area (Å²) in [5.74, 6) is -0.277. The zero-order valence-electron chi connectivity index (χ0n) is 10.5. The van der Waals surface area contributed by atoms with Crippen molar-refractivity contribution in [2.45, 2.75) is 6.54 Å². The molecule has 0 fully saturated rings. The highest BCUT2D eigenvalue weighted by Crippen LogP contribution is 2.17. The van der Waals surface area contributed by atoms with Gasteiger partial charge in [0.1, 0.15) is 11.6 Å². The molecule has 0 spiro atoms. The van der Waals surface area contributed by atoms with E-state index in [0.717, 1.165) is 5.56 Å². The van der Waals surface area contributed by atoms with Gasteiger partial charge in [0.2, 0.25) is 0 Å². The number of hydrogen-bond donors (Lipinski definition) is 1. The largest absolute Gasteiger partial charge is 0.496 e. The summed E-state index contributed by atoms with van der Waals surface area (Å²) in [4.78, 5) is 11.8. The smallest absolute Gasteiger partial charge is 0.254 e. The van der Waals surface area contributed by atoms with E-state index in [0.29, 0.717) is 5.75 Å². The van der Waals surface area contributed by atoms with Crippen LogP contribution in [-0.2, 0) is 6.54 Å². The second-order valence-corrected chi connectivity index (χ2v) is 3.97. The Morgan fingerprint density at radius 2 is 1.84 bits per heavy atom. The number of ether oxygens (including phenoxy) is 1. The van der Waals surface area contributed by atoms with Gasteiger partial charge in [0.25, 0.3) is 5.91 Å². The monoisotopic (exact) mass is 259 g/mol. The number of para-hydroxylation sites is 1. The Labute approximate surface area is 111 Å². The number of benzene rings is 2. The number of carbonyl (C=O) groups excluding carboxylic acids is 1. The zero-order chi connectivity index (χ0) is 13.7. The molecular formula is C15H14FNO2. The molecule has 1 amide bonds. The molecule has 1 N–H and O–H groups in total. The molecule has 0 heterocycles. The predicted octanol–water partition coefficient (Wildman–Crippen LogP) is 2.76. The molecule has 98 valence electrons. The topological polar surface area (TPSA) is 38.3 Å². The number of halogens is 1.